The van der Waals surface area contributed by atoms with Gasteiger partial charge < -0.3 is 5.11 Å². The van der Waals surface area contributed by atoms with E-state index in [1.54, 1.807) is 5.57 Å². The summed E-state index contributed by atoms with van der Waals surface area (Å²) in [5.41, 5.74) is 4.20. The molecule has 0 unspecified atom stereocenters. The van der Waals surface area contributed by atoms with E-state index in [1.165, 1.54) is 19.3 Å². The van der Waals surface area contributed by atoms with E-state index in [1.807, 2.05) is 0 Å². The molecule has 82 valence electrons. The third-order valence-corrected chi connectivity index (χ3v) is 4.29. The fraction of sp³-hybridized carbons (Fsp3) is 0.833. The van der Waals surface area contributed by atoms with Crippen LogP contribution in [0.2, 0.25) is 19.6 Å². The fourth-order valence-electron chi connectivity index (χ4n) is 2.41. The van der Waals surface area contributed by atoms with Crippen molar-refractivity contribution in [2.75, 3.05) is 6.61 Å². The number of rotatable bonds is 3. The molecule has 0 aliphatic heterocycles. The Hall–Kier alpha value is -0.0831. The second kappa shape index (κ2) is 4.62. The lowest BCUT2D eigenvalue weighted by Gasteiger charge is -2.21. The van der Waals surface area contributed by atoms with Gasteiger partial charge in [-0.2, -0.15) is 0 Å². The van der Waals surface area contributed by atoms with Crippen molar-refractivity contribution in [3.05, 3.63) is 11.3 Å². The van der Waals surface area contributed by atoms with Crippen LogP contribution in [0.15, 0.2) is 11.3 Å². The highest BCUT2D eigenvalue weighted by Crippen LogP contribution is 2.37. The summed E-state index contributed by atoms with van der Waals surface area (Å²) in [6, 6.07) is 0. The molecule has 1 saturated carbocycles. The standard InChI is InChI=1S/C12H24OSi/c1-10(8-13)12-7-5-6-11(12)9-14(2,3)4/h9-10,12-13H,5-8H2,1-4H3/b11-9+/t10-,12-/m1/s1. The summed E-state index contributed by atoms with van der Waals surface area (Å²) in [5, 5.41) is 9.20. The lowest BCUT2D eigenvalue weighted by atomic mass is 9.91. The molecule has 1 N–H and O–H groups in total. The predicted octanol–water partition coefficient (Wildman–Crippen LogP) is 3.22. The van der Waals surface area contributed by atoms with Gasteiger partial charge in [-0.05, 0) is 31.1 Å². The zero-order valence-electron chi connectivity index (χ0n) is 10.0. The number of aliphatic hydroxyl groups is 1. The minimum Gasteiger partial charge on any atom is -0.396 e. The normalized spacial score (nSPS) is 28.4. The molecular formula is C12H24OSi. The highest BCUT2D eigenvalue weighted by Gasteiger charge is 2.27. The van der Waals surface area contributed by atoms with Gasteiger partial charge in [0.05, 0.1) is 8.07 Å². The third-order valence-electron chi connectivity index (χ3n) is 3.05. The van der Waals surface area contributed by atoms with Crippen molar-refractivity contribution in [2.24, 2.45) is 11.8 Å². The Morgan fingerprint density at radius 1 is 1.50 bits per heavy atom. The topological polar surface area (TPSA) is 20.2 Å². The van der Waals surface area contributed by atoms with E-state index in [9.17, 15) is 5.11 Å². The van der Waals surface area contributed by atoms with Crippen molar-refractivity contribution < 1.29 is 5.11 Å². The van der Waals surface area contributed by atoms with Gasteiger partial charge in [0.1, 0.15) is 0 Å². The first-order valence-electron chi connectivity index (χ1n) is 5.76. The number of aliphatic hydroxyl groups excluding tert-OH is 1. The molecule has 2 atom stereocenters. The van der Waals surface area contributed by atoms with Gasteiger partial charge in [-0.15, -0.1) is 0 Å². The average Bonchev–Trinajstić information content (AvgIpc) is 2.48. The summed E-state index contributed by atoms with van der Waals surface area (Å²) in [6.07, 6.45) is 3.89. The van der Waals surface area contributed by atoms with Gasteiger partial charge in [0.25, 0.3) is 0 Å². The van der Waals surface area contributed by atoms with E-state index in [2.05, 4.69) is 32.3 Å². The molecular weight excluding hydrogens is 188 g/mol. The molecule has 1 aliphatic rings. The number of allylic oxidation sites excluding steroid dienone is 1. The molecule has 0 aromatic carbocycles. The van der Waals surface area contributed by atoms with Crippen LogP contribution in [0.25, 0.3) is 0 Å². The molecule has 0 aromatic rings. The molecule has 0 saturated heterocycles. The van der Waals surface area contributed by atoms with Gasteiger partial charge in [0.2, 0.25) is 0 Å². The second-order valence-electron chi connectivity index (χ2n) is 5.74. The molecule has 1 fully saturated rings. The number of hydrogen-bond acceptors (Lipinski definition) is 1. The van der Waals surface area contributed by atoms with Crippen LogP contribution in [0.4, 0.5) is 0 Å². The maximum absolute atomic E-state index is 9.20. The summed E-state index contributed by atoms with van der Waals surface area (Å²) in [5.74, 6) is 1.13. The van der Waals surface area contributed by atoms with Gasteiger partial charge in [0, 0.05) is 6.61 Å². The monoisotopic (exact) mass is 212 g/mol. The Bertz CT molecular complexity index is 215. The summed E-state index contributed by atoms with van der Waals surface area (Å²) in [6.45, 7) is 9.68. The lowest BCUT2D eigenvalue weighted by Crippen LogP contribution is -2.20. The molecule has 1 nitrogen and oxygen atoms in total. The molecule has 0 aromatic heterocycles. The van der Waals surface area contributed by atoms with Crippen molar-refractivity contribution in [3.8, 4) is 0 Å². The maximum Gasteiger partial charge on any atom is 0.0686 e. The number of hydrogen-bond donors (Lipinski definition) is 1. The molecule has 1 rings (SSSR count). The van der Waals surface area contributed by atoms with Crippen LogP contribution in [0, 0.1) is 11.8 Å². The molecule has 0 spiro atoms. The SMILES string of the molecule is C[C@H](CO)[C@H]1CCC/C1=C\[Si](C)(C)C. The van der Waals surface area contributed by atoms with Crippen molar-refractivity contribution in [1.29, 1.82) is 0 Å². The van der Waals surface area contributed by atoms with E-state index in [4.69, 9.17) is 0 Å². The highest BCUT2D eigenvalue weighted by molar-refractivity contribution is 6.81. The first kappa shape index (κ1) is 12.0. The maximum atomic E-state index is 9.20. The van der Waals surface area contributed by atoms with Crippen molar-refractivity contribution in [2.45, 2.75) is 45.8 Å². The quantitative estimate of drug-likeness (QED) is 0.712. The van der Waals surface area contributed by atoms with Crippen LogP contribution in [0.3, 0.4) is 0 Å². The minimum atomic E-state index is -1.07. The van der Waals surface area contributed by atoms with E-state index in [-0.39, 0.29) is 0 Å². The van der Waals surface area contributed by atoms with Gasteiger partial charge in [0.15, 0.2) is 0 Å². The smallest absolute Gasteiger partial charge is 0.0686 e. The summed E-state index contributed by atoms with van der Waals surface area (Å²) in [4.78, 5) is 0. The van der Waals surface area contributed by atoms with E-state index >= 15 is 0 Å². The van der Waals surface area contributed by atoms with Crippen LogP contribution in [-0.4, -0.2) is 19.8 Å². The van der Waals surface area contributed by atoms with Crippen molar-refractivity contribution in [3.63, 3.8) is 0 Å². The second-order valence-corrected chi connectivity index (χ2v) is 10.8. The van der Waals surface area contributed by atoms with Crippen LogP contribution < -0.4 is 0 Å². The van der Waals surface area contributed by atoms with Gasteiger partial charge >= 0.3 is 0 Å². The fourth-order valence-corrected chi connectivity index (χ4v) is 3.88. The van der Waals surface area contributed by atoms with Gasteiger partial charge in [-0.1, -0.05) is 37.8 Å². The van der Waals surface area contributed by atoms with Crippen LogP contribution in [0.1, 0.15) is 26.2 Å². The molecule has 2 heteroatoms. The van der Waals surface area contributed by atoms with E-state index in [0.717, 1.165) is 0 Å². The van der Waals surface area contributed by atoms with E-state index in [0.29, 0.717) is 18.4 Å². The zero-order chi connectivity index (χ0) is 10.8. The Labute approximate surface area is 89.2 Å². The summed E-state index contributed by atoms with van der Waals surface area (Å²) >= 11 is 0. The third kappa shape index (κ3) is 3.25. The minimum absolute atomic E-state index is 0.341. The van der Waals surface area contributed by atoms with Gasteiger partial charge in [-0.25, -0.2) is 0 Å². The first-order chi connectivity index (χ1) is 6.44. The molecule has 0 amide bonds. The average molecular weight is 212 g/mol. The molecule has 0 bridgehead atoms. The van der Waals surface area contributed by atoms with Crippen LogP contribution in [-0.2, 0) is 0 Å². The first-order valence-corrected chi connectivity index (χ1v) is 9.34. The Kier molecular flexibility index (Phi) is 3.96. The van der Waals surface area contributed by atoms with Crippen molar-refractivity contribution in [1.82, 2.24) is 0 Å². The van der Waals surface area contributed by atoms with E-state index < -0.39 is 8.07 Å². The van der Waals surface area contributed by atoms with Gasteiger partial charge in [-0.3, -0.25) is 0 Å². The molecule has 0 heterocycles. The predicted molar refractivity (Wildman–Crippen MR) is 65.0 cm³/mol. The Morgan fingerprint density at radius 2 is 2.14 bits per heavy atom. The molecule has 0 radical (unpaired) electrons. The lowest BCUT2D eigenvalue weighted by molar-refractivity contribution is 0.204. The summed E-state index contributed by atoms with van der Waals surface area (Å²) < 4.78 is 0. The molecule has 14 heavy (non-hydrogen) atoms. The summed E-state index contributed by atoms with van der Waals surface area (Å²) in [7, 11) is -1.07. The Balaban J connectivity index is 2.73. The molecule has 1 aliphatic carbocycles. The highest BCUT2D eigenvalue weighted by atomic mass is 28.3. The Morgan fingerprint density at radius 3 is 2.64 bits per heavy atom. The largest absolute Gasteiger partial charge is 0.396 e. The zero-order valence-corrected chi connectivity index (χ0v) is 11.0. The van der Waals surface area contributed by atoms with Crippen LogP contribution >= 0.6 is 0 Å². The van der Waals surface area contributed by atoms with Crippen LogP contribution in [0.5, 0.6) is 0 Å². The van der Waals surface area contributed by atoms with Crippen molar-refractivity contribution >= 4 is 8.07 Å².